The van der Waals surface area contributed by atoms with Gasteiger partial charge in [-0.05, 0) is 42.8 Å². The predicted molar refractivity (Wildman–Crippen MR) is 102 cm³/mol. The van der Waals surface area contributed by atoms with E-state index in [1.807, 2.05) is 31.2 Å². The molecule has 3 rings (SSSR count). The molecule has 6 nitrogen and oxygen atoms in total. The molecule has 2 N–H and O–H groups in total. The van der Waals surface area contributed by atoms with Crippen LogP contribution in [0.25, 0.3) is 11.3 Å². The molecule has 0 aliphatic rings. The molecule has 0 atom stereocenters. The predicted octanol–water partition coefficient (Wildman–Crippen LogP) is 3.89. The monoisotopic (exact) mass is 368 g/mol. The Kier molecular flexibility index (Phi) is 5.66. The number of nitrogens with zero attached hydrogens (tertiary/aromatic N) is 2. The minimum absolute atomic E-state index is 0.305. The summed E-state index contributed by atoms with van der Waals surface area (Å²) in [6.07, 6.45) is 1.54. The van der Waals surface area contributed by atoms with Crippen molar-refractivity contribution in [1.29, 1.82) is 0 Å². The van der Waals surface area contributed by atoms with E-state index in [9.17, 15) is 4.79 Å². The number of aromatic amines is 1. The molecule has 1 amide bonds. The van der Waals surface area contributed by atoms with Gasteiger partial charge in [0.15, 0.2) is 0 Å². The number of amides is 1. The second-order valence-electron chi connectivity index (χ2n) is 5.35. The van der Waals surface area contributed by atoms with Crippen molar-refractivity contribution >= 4 is 23.7 Å². The Morgan fingerprint density at radius 1 is 1.27 bits per heavy atom. The van der Waals surface area contributed by atoms with Crippen molar-refractivity contribution in [2.75, 3.05) is 6.61 Å². The Hall–Kier alpha value is -3.12. The van der Waals surface area contributed by atoms with Crippen LogP contribution in [-0.2, 0) is 0 Å². The van der Waals surface area contributed by atoms with Crippen molar-refractivity contribution in [1.82, 2.24) is 15.6 Å². The van der Waals surface area contributed by atoms with Crippen LogP contribution in [0.2, 0.25) is 5.02 Å². The molecular weight excluding hydrogens is 352 g/mol. The van der Waals surface area contributed by atoms with Crippen LogP contribution >= 0.6 is 11.6 Å². The van der Waals surface area contributed by atoms with Gasteiger partial charge in [-0.25, -0.2) is 5.43 Å². The number of para-hydroxylation sites is 1. The molecule has 7 heteroatoms. The third kappa shape index (κ3) is 4.29. The summed E-state index contributed by atoms with van der Waals surface area (Å²) in [7, 11) is 0. The summed E-state index contributed by atoms with van der Waals surface area (Å²) in [5, 5.41) is 11.5. The highest BCUT2D eigenvalue weighted by Gasteiger charge is 2.13. The fourth-order valence-corrected chi connectivity index (χ4v) is 2.44. The Labute approximate surface area is 155 Å². The number of carbonyl (C=O) groups is 1. The molecule has 0 unspecified atom stereocenters. The summed E-state index contributed by atoms with van der Waals surface area (Å²) in [4.78, 5) is 12.2. The molecule has 0 saturated carbocycles. The highest BCUT2D eigenvalue weighted by molar-refractivity contribution is 6.30. The Morgan fingerprint density at radius 2 is 2.04 bits per heavy atom. The zero-order chi connectivity index (χ0) is 18.4. The lowest BCUT2D eigenvalue weighted by Gasteiger charge is -2.07. The van der Waals surface area contributed by atoms with Gasteiger partial charge in [0.2, 0.25) is 0 Å². The van der Waals surface area contributed by atoms with Crippen LogP contribution in [0.1, 0.15) is 23.0 Å². The van der Waals surface area contributed by atoms with Crippen LogP contribution in [0, 0.1) is 0 Å². The van der Waals surface area contributed by atoms with E-state index in [0.29, 0.717) is 28.8 Å². The standard InChI is InChI=1S/C19H17ClN4O2/c1-2-26-18-6-4-3-5-15(18)16-11-17(23-22-16)19(25)24-21-12-13-7-9-14(20)10-8-13/h3-12H,2H2,1H3,(H,22,23)(H,24,25). The van der Waals surface area contributed by atoms with E-state index >= 15 is 0 Å². The molecular formula is C19H17ClN4O2. The SMILES string of the molecule is CCOc1ccccc1-c1cc(C(=O)NN=Cc2ccc(Cl)cc2)[nH]n1. The van der Waals surface area contributed by atoms with Gasteiger partial charge in [-0.2, -0.15) is 10.2 Å². The zero-order valence-electron chi connectivity index (χ0n) is 14.1. The number of benzene rings is 2. The summed E-state index contributed by atoms with van der Waals surface area (Å²) in [6.45, 7) is 2.47. The molecule has 26 heavy (non-hydrogen) atoms. The van der Waals surface area contributed by atoms with E-state index in [4.69, 9.17) is 16.3 Å². The van der Waals surface area contributed by atoms with Gasteiger partial charge >= 0.3 is 0 Å². The topological polar surface area (TPSA) is 79.4 Å². The highest BCUT2D eigenvalue weighted by atomic mass is 35.5. The molecule has 1 heterocycles. The Balaban J connectivity index is 1.69. The van der Waals surface area contributed by atoms with Gasteiger partial charge in [0.25, 0.3) is 5.91 Å². The Morgan fingerprint density at radius 3 is 2.81 bits per heavy atom. The Bertz CT molecular complexity index is 919. The van der Waals surface area contributed by atoms with Crippen molar-refractivity contribution < 1.29 is 9.53 Å². The van der Waals surface area contributed by atoms with Crippen LogP contribution in [0.3, 0.4) is 0 Å². The first-order chi connectivity index (χ1) is 12.7. The molecule has 2 aromatic carbocycles. The number of rotatable bonds is 6. The summed E-state index contributed by atoms with van der Waals surface area (Å²) >= 11 is 5.83. The van der Waals surface area contributed by atoms with Gasteiger partial charge < -0.3 is 4.74 Å². The summed E-state index contributed by atoms with van der Waals surface area (Å²) < 4.78 is 5.60. The zero-order valence-corrected chi connectivity index (χ0v) is 14.8. The van der Waals surface area contributed by atoms with Gasteiger partial charge in [-0.1, -0.05) is 35.9 Å². The van der Waals surface area contributed by atoms with Crippen LogP contribution < -0.4 is 10.2 Å². The minimum Gasteiger partial charge on any atom is -0.493 e. The molecule has 0 aliphatic carbocycles. The lowest BCUT2D eigenvalue weighted by Crippen LogP contribution is -2.17. The number of hydrogen-bond acceptors (Lipinski definition) is 4. The smallest absolute Gasteiger partial charge is 0.289 e. The van der Waals surface area contributed by atoms with E-state index < -0.39 is 0 Å². The van der Waals surface area contributed by atoms with Gasteiger partial charge in [-0.15, -0.1) is 0 Å². The summed E-state index contributed by atoms with van der Waals surface area (Å²) in [5.41, 5.74) is 5.03. The maximum absolute atomic E-state index is 12.2. The lowest BCUT2D eigenvalue weighted by atomic mass is 10.1. The maximum atomic E-state index is 12.2. The van der Waals surface area contributed by atoms with Crippen molar-refractivity contribution in [3.8, 4) is 17.0 Å². The van der Waals surface area contributed by atoms with E-state index in [0.717, 1.165) is 11.1 Å². The largest absolute Gasteiger partial charge is 0.493 e. The van der Waals surface area contributed by atoms with Crippen LogP contribution in [0.5, 0.6) is 5.75 Å². The minimum atomic E-state index is -0.386. The van der Waals surface area contributed by atoms with Gasteiger partial charge in [0.05, 0.1) is 18.5 Å². The molecule has 0 fully saturated rings. The van der Waals surface area contributed by atoms with E-state index in [-0.39, 0.29) is 5.91 Å². The van der Waals surface area contributed by atoms with Crippen molar-refractivity contribution in [2.24, 2.45) is 5.10 Å². The van der Waals surface area contributed by atoms with E-state index in [2.05, 4.69) is 20.7 Å². The number of H-pyrrole nitrogens is 1. The van der Waals surface area contributed by atoms with Crippen LogP contribution in [0.4, 0.5) is 0 Å². The van der Waals surface area contributed by atoms with Gasteiger partial charge in [-0.3, -0.25) is 9.89 Å². The fraction of sp³-hybridized carbons (Fsp3) is 0.105. The molecule has 0 aliphatic heterocycles. The van der Waals surface area contributed by atoms with Crippen molar-refractivity contribution in [2.45, 2.75) is 6.92 Å². The fourth-order valence-electron chi connectivity index (χ4n) is 2.31. The van der Waals surface area contributed by atoms with Crippen LogP contribution in [-0.4, -0.2) is 28.9 Å². The molecule has 0 saturated heterocycles. The van der Waals surface area contributed by atoms with Gasteiger partial charge in [0, 0.05) is 10.6 Å². The molecule has 132 valence electrons. The first-order valence-electron chi connectivity index (χ1n) is 8.04. The first-order valence-corrected chi connectivity index (χ1v) is 8.41. The third-order valence-corrected chi connectivity index (χ3v) is 3.79. The quantitative estimate of drug-likeness (QED) is 0.511. The average Bonchev–Trinajstić information content (AvgIpc) is 3.14. The number of nitrogens with one attached hydrogen (secondary N) is 2. The number of halogens is 1. The molecule has 0 spiro atoms. The number of ether oxygens (including phenoxy) is 1. The second-order valence-corrected chi connectivity index (χ2v) is 5.78. The van der Waals surface area contributed by atoms with E-state index in [1.54, 1.807) is 30.3 Å². The highest BCUT2D eigenvalue weighted by Crippen LogP contribution is 2.28. The summed E-state index contributed by atoms with van der Waals surface area (Å²) in [5.74, 6) is 0.331. The third-order valence-electron chi connectivity index (χ3n) is 3.54. The normalized spacial score (nSPS) is 10.8. The first kappa shape index (κ1) is 17.7. The van der Waals surface area contributed by atoms with Gasteiger partial charge in [0.1, 0.15) is 11.4 Å². The molecule has 3 aromatic rings. The average molecular weight is 369 g/mol. The maximum Gasteiger partial charge on any atom is 0.289 e. The summed E-state index contributed by atoms with van der Waals surface area (Å²) in [6, 6.07) is 16.3. The molecule has 0 radical (unpaired) electrons. The molecule has 1 aromatic heterocycles. The van der Waals surface area contributed by atoms with Crippen molar-refractivity contribution in [3.05, 3.63) is 70.9 Å². The number of hydrazone groups is 1. The second kappa shape index (κ2) is 8.31. The number of carbonyl (C=O) groups excluding carboxylic acids is 1. The number of hydrogen-bond donors (Lipinski definition) is 2. The molecule has 0 bridgehead atoms. The van der Waals surface area contributed by atoms with Crippen molar-refractivity contribution in [3.63, 3.8) is 0 Å². The lowest BCUT2D eigenvalue weighted by molar-refractivity contribution is 0.0950. The van der Waals surface area contributed by atoms with Crippen LogP contribution in [0.15, 0.2) is 59.7 Å². The van der Waals surface area contributed by atoms with E-state index in [1.165, 1.54) is 6.21 Å². The number of aromatic nitrogens is 2.